The lowest BCUT2D eigenvalue weighted by atomic mass is 9.99. The van der Waals surface area contributed by atoms with E-state index in [1.807, 2.05) is 55.5 Å². The summed E-state index contributed by atoms with van der Waals surface area (Å²) in [6, 6.07) is 15.8. The highest BCUT2D eigenvalue weighted by Gasteiger charge is 2.11. The first-order valence-corrected chi connectivity index (χ1v) is 7.04. The summed E-state index contributed by atoms with van der Waals surface area (Å²) in [5, 5.41) is 0.740. The smallest absolute Gasteiger partial charge is 0.119 e. The number of hydrazine groups is 1. The number of rotatable bonds is 6. The van der Waals surface area contributed by atoms with E-state index in [1.54, 1.807) is 0 Å². The Morgan fingerprint density at radius 1 is 1.20 bits per heavy atom. The third-order valence-electron chi connectivity index (χ3n) is 3.13. The minimum atomic E-state index is 0.0385. The molecular weight excluding hydrogens is 272 g/mol. The summed E-state index contributed by atoms with van der Waals surface area (Å²) in [6.45, 7) is 2.63. The number of hydrogen-bond donors (Lipinski definition) is 2. The Morgan fingerprint density at radius 2 is 1.95 bits per heavy atom. The minimum Gasteiger partial charge on any atom is -0.494 e. The maximum atomic E-state index is 5.90. The van der Waals surface area contributed by atoms with Crippen LogP contribution in [0.1, 0.15) is 24.1 Å². The van der Waals surface area contributed by atoms with Gasteiger partial charge < -0.3 is 4.74 Å². The van der Waals surface area contributed by atoms with Gasteiger partial charge in [-0.15, -0.1) is 0 Å². The molecule has 20 heavy (non-hydrogen) atoms. The van der Waals surface area contributed by atoms with Crippen LogP contribution >= 0.6 is 11.6 Å². The summed E-state index contributed by atoms with van der Waals surface area (Å²) in [7, 11) is 0. The normalized spacial score (nSPS) is 12.2. The molecule has 1 atom stereocenters. The largest absolute Gasteiger partial charge is 0.494 e. The average Bonchev–Trinajstić information content (AvgIpc) is 2.47. The van der Waals surface area contributed by atoms with Gasteiger partial charge in [0.25, 0.3) is 0 Å². The molecule has 3 nitrogen and oxygen atoms in total. The summed E-state index contributed by atoms with van der Waals surface area (Å²) in [5.41, 5.74) is 5.15. The fourth-order valence-electron chi connectivity index (χ4n) is 2.12. The summed E-state index contributed by atoms with van der Waals surface area (Å²) < 4.78 is 5.52. The van der Waals surface area contributed by atoms with Gasteiger partial charge >= 0.3 is 0 Å². The summed E-state index contributed by atoms with van der Waals surface area (Å²) in [6.07, 6.45) is 0.795. The van der Waals surface area contributed by atoms with E-state index in [0.717, 1.165) is 22.8 Å². The van der Waals surface area contributed by atoms with Crippen molar-refractivity contribution in [1.82, 2.24) is 5.43 Å². The van der Waals surface area contributed by atoms with E-state index in [2.05, 4.69) is 5.43 Å². The highest BCUT2D eigenvalue weighted by Crippen LogP contribution is 2.22. The van der Waals surface area contributed by atoms with Gasteiger partial charge in [0.05, 0.1) is 12.6 Å². The van der Waals surface area contributed by atoms with Gasteiger partial charge in [-0.1, -0.05) is 35.9 Å². The van der Waals surface area contributed by atoms with Gasteiger partial charge in [-0.2, -0.15) is 0 Å². The zero-order chi connectivity index (χ0) is 14.4. The highest BCUT2D eigenvalue weighted by molar-refractivity contribution is 6.30. The van der Waals surface area contributed by atoms with E-state index in [1.165, 1.54) is 5.56 Å². The van der Waals surface area contributed by atoms with Crippen LogP contribution in [0.4, 0.5) is 0 Å². The molecule has 2 rings (SSSR count). The van der Waals surface area contributed by atoms with Crippen molar-refractivity contribution in [2.45, 2.75) is 19.4 Å². The molecule has 106 valence electrons. The van der Waals surface area contributed by atoms with Gasteiger partial charge in [0.2, 0.25) is 0 Å². The number of nitrogens with one attached hydrogen (secondary N) is 1. The highest BCUT2D eigenvalue weighted by atomic mass is 35.5. The lowest BCUT2D eigenvalue weighted by molar-refractivity contribution is 0.339. The van der Waals surface area contributed by atoms with Crippen molar-refractivity contribution in [3.63, 3.8) is 0 Å². The third-order valence-corrected chi connectivity index (χ3v) is 3.38. The number of hydrogen-bond acceptors (Lipinski definition) is 3. The standard InChI is InChI=1S/C16H19ClN2O/c1-2-20-15-5-3-4-13(11-15)16(19-18)10-12-6-8-14(17)9-7-12/h3-9,11,16,19H,2,10,18H2,1H3. The van der Waals surface area contributed by atoms with E-state index < -0.39 is 0 Å². The Labute approximate surface area is 124 Å². The van der Waals surface area contributed by atoms with Crippen molar-refractivity contribution in [2.75, 3.05) is 6.61 Å². The fraction of sp³-hybridized carbons (Fsp3) is 0.250. The molecule has 3 N–H and O–H groups in total. The molecule has 2 aromatic carbocycles. The maximum Gasteiger partial charge on any atom is 0.119 e. The molecule has 0 amide bonds. The Hall–Kier alpha value is -1.55. The molecule has 0 heterocycles. The third kappa shape index (κ3) is 3.97. The first kappa shape index (κ1) is 14.9. The summed E-state index contributed by atoms with van der Waals surface area (Å²) >= 11 is 5.90. The van der Waals surface area contributed by atoms with E-state index in [-0.39, 0.29) is 6.04 Å². The molecule has 0 aromatic heterocycles. The van der Waals surface area contributed by atoms with Crippen molar-refractivity contribution in [1.29, 1.82) is 0 Å². The Morgan fingerprint density at radius 3 is 2.60 bits per heavy atom. The van der Waals surface area contributed by atoms with Crippen LogP contribution in [0.15, 0.2) is 48.5 Å². The number of ether oxygens (including phenoxy) is 1. The lowest BCUT2D eigenvalue weighted by Gasteiger charge is -2.17. The first-order valence-electron chi connectivity index (χ1n) is 6.66. The molecule has 0 aliphatic heterocycles. The molecular formula is C16H19ClN2O. The molecule has 0 saturated heterocycles. The second-order valence-corrected chi connectivity index (χ2v) is 4.99. The molecule has 4 heteroatoms. The molecule has 0 spiro atoms. The second-order valence-electron chi connectivity index (χ2n) is 4.56. The van der Waals surface area contributed by atoms with Crippen LogP contribution in [0.2, 0.25) is 5.02 Å². The van der Waals surface area contributed by atoms with Crippen molar-refractivity contribution in [3.05, 3.63) is 64.7 Å². The number of nitrogens with two attached hydrogens (primary N) is 1. The van der Waals surface area contributed by atoms with Gasteiger partial charge in [0.15, 0.2) is 0 Å². The van der Waals surface area contributed by atoms with Crippen molar-refractivity contribution in [2.24, 2.45) is 5.84 Å². The van der Waals surface area contributed by atoms with E-state index in [4.69, 9.17) is 22.2 Å². The Bertz CT molecular complexity index is 542. The SMILES string of the molecule is CCOc1cccc(C(Cc2ccc(Cl)cc2)NN)c1. The monoisotopic (exact) mass is 290 g/mol. The van der Waals surface area contributed by atoms with Crippen LogP contribution in [0, 0.1) is 0 Å². The average molecular weight is 291 g/mol. The Balaban J connectivity index is 2.15. The first-order chi connectivity index (χ1) is 9.72. The topological polar surface area (TPSA) is 47.3 Å². The van der Waals surface area contributed by atoms with Gasteiger partial charge in [-0.3, -0.25) is 11.3 Å². The predicted molar refractivity (Wildman–Crippen MR) is 82.8 cm³/mol. The quantitative estimate of drug-likeness (QED) is 0.632. The second kappa shape index (κ2) is 7.29. The molecule has 1 unspecified atom stereocenters. The van der Waals surface area contributed by atoms with E-state index in [9.17, 15) is 0 Å². The molecule has 0 aliphatic rings. The molecule has 2 aromatic rings. The van der Waals surface area contributed by atoms with E-state index >= 15 is 0 Å². The number of halogens is 1. The Kier molecular flexibility index (Phi) is 5.41. The van der Waals surface area contributed by atoms with Crippen LogP contribution in [0.25, 0.3) is 0 Å². The minimum absolute atomic E-state index is 0.0385. The predicted octanol–water partition coefficient (Wildman–Crippen LogP) is 3.49. The number of benzene rings is 2. The zero-order valence-corrected chi connectivity index (χ0v) is 12.2. The van der Waals surface area contributed by atoms with Gasteiger partial charge in [0.1, 0.15) is 5.75 Å². The molecule has 0 saturated carbocycles. The molecule has 0 radical (unpaired) electrons. The van der Waals surface area contributed by atoms with Crippen LogP contribution in [0.5, 0.6) is 5.75 Å². The van der Waals surface area contributed by atoms with Crippen LogP contribution < -0.4 is 16.0 Å². The molecule has 0 aliphatic carbocycles. The molecule has 0 fully saturated rings. The van der Waals surface area contributed by atoms with Gasteiger partial charge in [-0.05, 0) is 48.7 Å². The van der Waals surface area contributed by atoms with Crippen LogP contribution in [-0.2, 0) is 6.42 Å². The van der Waals surface area contributed by atoms with Crippen LogP contribution in [-0.4, -0.2) is 6.61 Å². The van der Waals surface area contributed by atoms with Crippen molar-refractivity contribution >= 4 is 11.6 Å². The summed E-state index contributed by atoms with van der Waals surface area (Å²) in [5.74, 6) is 6.55. The molecule has 0 bridgehead atoms. The van der Waals surface area contributed by atoms with Crippen molar-refractivity contribution in [3.8, 4) is 5.75 Å². The lowest BCUT2D eigenvalue weighted by Crippen LogP contribution is -2.29. The maximum absolute atomic E-state index is 5.90. The zero-order valence-electron chi connectivity index (χ0n) is 11.5. The van der Waals surface area contributed by atoms with Gasteiger partial charge in [0, 0.05) is 5.02 Å². The fourth-order valence-corrected chi connectivity index (χ4v) is 2.24. The van der Waals surface area contributed by atoms with E-state index in [0.29, 0.717) is 6.61 Å². The van der Waals surface area contributed by atoms with Crippen LogP contribution in [0.3, 0.4) is 0 Å². The van der Waals surface area contributed by atoms with Gasteiger partial charge in [-0.25, -0.2) is 0 Å². The summed E-state index contributed by atoms with van der Waals surface area (Å²) in [4.78, 5) is 0. The van der Waals surface area contributed by atoms with Crippen molar-refractivity contribution < 1.29 is 4.74 Å².